The first kappa shape index (κ1) is 14.0. The summed E-state index contributed by atoms with van der Waals surface area (Å²) in [5.41, 5.74) is 7.94. The van der Waals surface area contributed by atoms with Gasteiger partial charge in [-0.25, -0.2) is 0 Å². The molecule has 2 aliphatic heterocycles. The van der Waals surface area contributed by atoms with Crippen LogP contribution < -0.4 is 5.73 Å². The summed E-state index contributed by atoms with van der Waals surface area (Å²) in [7, 11) is 0. The molecule has 0 aliphatic carbocycles. The topological polar surface area (TPSA) is 32.5 Å². The van der Waals surface area contributed by atoms with E-state index in [4.69, 9.17) is 18.0 Å². The van der Waals surface area contributed by atoms with Gasteiger partial charge in [-0.3, -0.25) is 9.80 Å². The summed E-state index contributed by atoms with van der Waals surface area (Å²) < 4.78 is 0. The van der Waals surface area contributed by atoms with Gasteiger partial charge in [0.05, 0.1) is 0 Å². The van der Waals surface area contributed by atoms with Gasteiger partial charge in [0.2, 0.25) is 0 Å². The summed E-state index contributed by atoms with van der Waals surface area (Å²) in [5, 5.41) is 0. The maximum Gasteiger partial charge on any atom is 0.103 e. The minimum Gasteiger partial charge on any atom is -0.389 e. The van der Waals surface area contributed by atoms with Gasteiger partial charge in [0.25, 0.3) is 0 Å². The molecular formula is C16H23N3S. The maximum absolute atomic E-state index is 5.63. The monoisotopic (exact) mass is 289 g/mol. The van der Waals surface area contributed by atoms with Crippen LogP contribution in [0.1, 0.15) is 30.4 Å². The first-order valence-electron chi connectivity index (χ1n) is 7.57. The summed E-state index contributed by atoms with van der Waals surface area (Å²) in [4.78, 5) is 5.72. The quantitative estimate of drug-likeness (QED) is 0.859. The predicted molar refractivity (Wildman–Crippen MR) is 86.8 cm³/mol. The van der Waals surface area contributed by atoms with Gasteiger partial charge in [0, 0.05) is 31.2 Å². The summed E-state index contributed by atoms with van der Waals surface area (Å²) in [5.74, 6) is 0. The Hall–Kier alpha value is -0.970. The zero-order chi connectivity index (χ0) is 13.9. The number of nitrogens with zero attached hydrogens (tertiary/aromatic N) is 2. The van der Waals surface area contributed by atoms with Crippen LogP contribution in [0.3, 0.4) is 0 Å². The van der Waals surface area contributed by atoms with Crippen LogP contribution in [0.15, 0.2) is 24.3 Å². The third kappa shape index (κ3) is 3.19. The number of thiocarbonyl (C=S) groups is 1. The Kier molecular flexibility index (Phi) is 4.34. The molecule has 20 heavy (non-hydrogen) atoms. The number of hydrogen-bond donors (Lipinski definition) is 1. The second-order valence-electron chi connectivity index (χ2n) is 5.98. The molecule has 1 aromatic carbocycles. The lowest BCUT2D eigenvalue weighted by molar-refractivity contribution is 0.230. The van der Waals surface area contributed by atoms with Crippen LogP contribution in [-0.4, -0.2) is 47.0 Å². The molecule has 108 valence electrons. The van der Waals surface area contributed by atoms with Crippen molar-refractivity contribution < 1.29 is 0 Å². The van der Waals surface area contributed by atoms with Gasteiger partial charge in [0.15, 0.2) is 0 Å². The van der Waals surface area contributed by atoms with E-state index in [1.165, 1.54) is 51.0 Å². The molecule has 1 aromatic rings. The Balaban J connectivity index is 1.54. The maximum atomic E-state index is 5.63. The molecule has 2 fully saturated rings. The SMILES string of the molecule is NC(=S)c1ccc(CN2CCC(N3CCCC3)C2)cc1. The van der Waals surface area contributed by atoms with Gasteiger partial charge in [0.1, 0.15) is 4.99 Å². The second-order valence-corrected chi connectivity index (χ2v) is 6.42. The third-order valence-corrected chi connectivity index (χ3v) is 4.78. The smallest absolute Gasteiger partial charge is 0.103 e. The molecule has 4 heteroatoms. The molecule has 0 amide bonds. The van der Waals surface area contributed by atoms with Crippen LogP contribution in [-0.2, 0) is 6.54 Å². The molecule has 2 heterocycles. The Morgan fingerprint density at radius 2 is 1.85 bits per heavy atom. The van der Waals surface area contributed by atoms with E-state index >= 15 is 0 Å². The highest BCUT2D eigenvalue weighted by Crippen LogP contribution is 2.21. The molecule has 0 bridgehead atoms. The molecule has 2 saturated heterocycles. The van der Waals surface area contributed by atoms with E-state index in [9.17, 15) is 0 Å². The lowest BCUT2D eigenvalue weighted by Crippen LogP contribution is -2.35. The Morgan fingerprint density at radius 3 is 2.50 bits per heavy atom. The lowest BCUT2D eigenvalue weighted by Gasteiger charge is -2.23. The van der Waals surface area contributed by atoms with Crippen molar-refractivity contribution in [2.75, 3.05) is 26.2 Å². The molecular weight excluding hydrogens is 266 g/mol. The molecule has 2 aliphatic rings. The van der Waals surface area contributed by atoms with Crippen molar-refractivity contribution in [2.45, 2.75) is 31.8 Å². The predicted octanol–water partition coefficient (Wildman–Crippen LogP) is 1.99. The van der Waals surface area contributed by atoms with Crippen LogP contribution in [0.2, 0.25) is 0 Å². The molecule has 0 spiro atoms. The van der Waals surface area contributed by atoms with Crippen molar-refractivity contribution in [3.63, 3.8) is 0 Å². The van der Waals surface area contributed by atoms with Crippen LogP contribution in [0, 0.1) is 0 Å². The van der Waals surface area contributed by atoms with E-state index < -0.39 is 0 Å². The van der Waals surface area contributed by atoms with Gasteiger partial charge < -0.3 is 5.73 Å². The summed E-state index contributed by atoms with van der Waals surface area (Å²) >= 11 is 4.99. The number of rotatable bonds is 4. The molecule has 0 radical (unpaired) electrons. The van der Waals surface area contributed by atoms with Gasteiger partial charge in [-0.15, -0.1) is 0 Å². The fourth-order valence-corrected chi connectivity index (χ4v) is 3.53. The fraction of sp³-hybridized carbons (Fsp3) is 0.562. The van der Waals surface area contributed by atoms with Crippen molar-refractivity contribution >= 4 is 17.2 Å². The zero-order valence-electron chi connectivity index (χ0n) is 11.9. The summed E-state index contributed by atoms with van der Waals surface area (Å²) in [6.45, 7) is 6.10. The second kappa shape index (κ2) is 6.20. The molecule has 1 atom stereocenters. The summed E-state index contributed by atoms with van der Waals surface area (Å²) in [6, 6.07) is 9.15. The van der Waals surface area contributed by atoms with E-state index in [0.29, 0.717) is 4.99 Å². The first-order chi connectivity index (χ1) is 9.72. The van der Waals surface area contributed by atoms with Gasteiger partial charge in [-0.1, -0.05) is 36.5 Å². The van der Waals surface area contributed by atoms with Gasteiger partial charge in [-0.05, 0) is 37.9 Å². The van der Waals surface area contributed by atoms with Crippen molar-refractivity contribution in [1.29, 1.82) is 0 Å². The normalized spacial score (nSPS) is 24.3. The van der Waals surface area contributed by atoms with Crippen molar-refractivity contribution in [1.82, 2.24) is 9.80 Å². The van der Waals surface area contributed by atoms with Crippen LogP contribution in [0.25, 0.3) is 0 Å². The van der Waals surface area contributed by atoms with E-state index in [1.54, 1.807) is 0 Å². The number of likely N-dealkylation sites (tertiary alicyclic amines) is 2. The molecule has 0 aromatic heterocycles. The third-order valence-electron chi connectivity index (χ3n) is 4.55. The van der Waals surface area contributed by atoms with E-state index in [0.717, 1.165) is 18.2 Å². The van der Waals surface area contributed by atoms with Crippen molar-refractivity contribution in [3.8, 4) is 0 Å². The van der Waals surface area contributed by atoms with Gasteiger partial charge >= 0.3 is 0 Å². The minimum absolute atomic E-state index is 0.479. The molecule has 3 nitrogen and oxygen atoms in total. The van der Waals surface area contributed by atoms with E-state index in [-0.39, 0.29) is 0 Å². The van der Waals surface area contributed by atoms with E-state index in [2.05, 4.69) is 21.9 Å². The first-order valence-corrected chi connectivity index (χ1v) is 7.98. The van der Waals surface area contributed by atoms with Crippen LogP contribution >= 0.6 is 12.2 Å². The Bertz CT molecular complexity index is 465. The Labute approximate surface area is 126 Å². The Morgan fingerprint density at radius 1 is 1.15 bits per heavy atom. The standard InChI is InChI=1S/C16H23N3S/c17-16(20)14-5-3-13(4-6-14)11-18-10-7-15(12-18)19-8-1-2-9-19/h3-6,15H,1-2,7-12H2,(H2,17,20). The lowest BCUT2D eigenvalue weighted by atomic mass is 10.1. The largest absolute Gasteiger partial charge is 0.389 e. The minimum atomic E-state index is 0.479. The highest BCUT2D eigenvalue weighted by atomic mass is 32.1. The molecule has 1 unspecified atom stereocenters. The number of benzene rings is 1. The van der Waals surface area contributed by atoms with Crippen LogP contribution in [0.4, 0.5) is 0 Å². The van der Waals surface area contributed by atoms with Crippen molar-refractivity contribution in [2.24, 2.45) is 5.73 Å². The number of nitrogens with two attached hydrogens (primary N) is 1. The van der Waals surface area contributed by atoms with Crippen LogP contribution in [0.5, 0.6) is 0 Å². The molecule has 2 N–H and O–H groups in total. The summed E-state index contributed by atoms with van der Waals surface area (Å²) in [6.07, 6.45) is 4.10. The number of hydrogen-bond acceptors (Lipinski definition) is 3. The average Bonchev–Trinajstić information content (AvgIpc) is 3.09. The van der Waals surface area contributed by atoms with E-state index in [1.807, 2.05) is 12.1 Å². The average molecular weight is 289 g/mol. The molecule has 0 saturated carbocycles. The van der Waals surface area contributed by atoms with Crippen molar-refractivity contribution in [3.05, 3.63) is 35.4 Å². The highest BCUT2D eigenvalue weighted by molar-refractivity contribution is 7.80. The zero-order valence-corrected chi connectivity index (χ0v) is 12.7. The fourth-order valence-electron chi connectivity index (χ4n) is 3.39. The van der Waals surface area contributed by atoms with Gasteiger partial charge in [-0.2, -0.15) is 0 Å². The molecule has 3 rings (SSSR count). The highest BCUT2D eigenvalue weighted by Gasteiger charge is 2.28.